The molecule has 0 saturated carbocycles. The summed E-state index contributed by atoms with van der Waals surface area (Å²) in [6.07, 6.45) is 0. The maximum atomic E-state index is 14.0. The normalized spacial score (nSPS) is 17.9. The fourth-order valence-corrected chi connectivity index (χ4v) is 3.79. The van der Waals surface area contributed by atoms with Crippen LogP contribution in [0.4, 0.5) is 14.5 Å². The Morgan fingerprint density at radius 2 is 1.58 bits per heavy atom. The van der Waals surface area contributed by atoms with Gasteiger partial charge < -0.3 is 5.11 Å². The molecule has 1 amide bonds. The van der Waals surface area contributed by atoms with Crippen molar-refractivity contribution in [1.82, 2.24) is 0 Å². The smallest absolute Gasteiger partial charge is 0.300 e. The first kappa shape index (κ1) is 20.5. The average molecular weight is 419 g/mol. The number of halogens is 2. The number of aliphatic hydroxyl groups excluding tert-OH is 1. The zero-order valence-corrected chi connectivity index (χ0v) is 16.9. The lowest BCUT2D eigenvalue weighted by molar-refractivity contribution is -0.132. The van der Waals surface area contributed by atoms with Crippen LogP contribution in [0.1, 0.15) is 28.3 Å². The number of rotatable bonds is 3. The first-order valence-electron chi connectivity index (χ1n) is 9.68. The summed E-state index contributed by atoms with van der Waals surface area (Å²) in [7, 11) is 0. The summed E-state index contributed by atoms with van der Waals surface area (Å²) in [4.78, 5) is 27.2. The van der Waals surface area contributed by atoms with Gasteiger partial charge in [-0.2, -0.15) is 0 Å². The predicted molar refractivity (Wildman–Crippen MR) is 113 cm³/mol. The summed E-state index contributed by atoms with van der Waals surface area (Å²) < 4.78 is 27.5. The van der Waals surface area contributed by atoms with Crippen LogP contribution in [0.3, 0.4) is 0 Å². The van der Waals surface area contributed by atoms with Gasteiger partial charge in [-0.3, -0.25) is 14.5 Å². The minimum absolute atomic E-state index is 0.0252. The number of hydrogen-bond donors (Lipinski definition) is 1. The lowest BCUT2D eigenvalue weighted by atomic mass is 9.92. The predicted octanol–water partition coefficient (Wildman–Crippen LogP) is 5.21. The largest absolute Gasteiger partial charge is 0.507 e. The molecule has 156 valence electrons. The van der Waals surface area contributed by atoms with E-state index in [1.165, 1.54) is 6.07 Å². The van der Waals surface area contributed by atoms with Crippen molar-refractivity contribution in [3.05, 3.63) is 106 Å². The topological polar surface area (TPSA) is 57.6 Å². The zero-order chi connectivity index (χ0) is 22.3. The van der Waals surface area contributed by atoms with E-state index in [0.29, 0.717) is 11.1 Å². The van der Waals surface area contributed by atoms with E-state index in [0.717, 1.165) is 28.2 Å². The third-order valence-electron chi connectivity index (χ3n) is 5.43. The summed E-state index contributed by atoms with van der Waals surface area (Å²) in [5.41, 5.74) is 2.64. The highest BCUT2D eigenvalue weighted by atomic mass is 19.2. The van der Waals surface area contributed by atoms with E-state index in [4.69, 9.17) is 0 Å². The van der Waals surface area contributed by atoms with Gasteiger partial charge in [0.1, 0.15) is 5.76 Å². The standard InChI is InChI=1S/C25H19F2NO3/c1-14-7-9-16(10-8-14)23(29)21-22(18-6-4-3-5-15(18)2)28(25(31)24(21)30)17-11-12-19(26)20(27)13-17/h3-13,22,29H,1-2H3/b23-21+. The molecule has 0 spiro atoms. The number of aliphatic hydroxyl groups is 1. The van der Waals surface area contributed by atoms with Gasteiger partial charge in [0.2, 0.25) is 0 Å². The van der Waals surface area contributed by atoms with E-state index in [-0.39, 0.29) is 17.0 Å². The van der Waals surface area contributed by atoms with Gasteiger partial charge in [0.05, 0.1) is 11.6 Å². The number of amides is 1. The number of hydrogen-bond acceptors (Lipinski definition) is 3. The quantitative estimate of drug-likeness (QED) is 0.360. The Morgan fingerprint density at radius 1 is 0.903 bits per heavy atom. The van der Waals surface area contributed by atoms with Crippen molar-refractivity contribution in [1.29, 1.82) is 0 Å². The van der Waals surface area contributed by atoms with Gasteiger partial charge in [-0.25, -0.2) is 8.78 Å². The molecule has 4 rings (SSSR count). The summed E-state index contributed by atoms with van der Waals surface area (Å²) in [5.74, 6) is -4.34. The fourth-order valence-electron chi connectivity index (χ4n) is 3.79. The van der Waals surface area contributed by atoms with Crippen LogP contribution in [0.25, 0.3) is 5.76 Å². The number of ketones is 1. The maximum absolute atomic E-state index is 14.0. The van der Waals surface area contributed by atoms with Crippen molar-refractivity contribution in [3.8, 4) is 0 Å². The molecule has 1 fully saturated rings. The van der Waals surface area contributed by atoms with Crippen molar-refractivity contribution in [2.45, 2.75) is 19.9 Å². The van der Waals surface area contributed by atoms with E-state index in [2.05, 4.69) is 0 Å². The number of aryl methyl sites for hydroxylation is 2. The molecule has 0 aliphatic carbocycles. The van der Waals surface area contributed by atoms with Crippen LogP contribution in [0.5, 0.6) is 0 Å². The molecular formula is C25H19F2NO3. The van der Waals surface area contributed by atoms with Gasteiger partial charge >= 0.3 is 0 Å². The third kappa shape index (κ3) is 3.50. The Kier molecular flexibility index (Phi) is 5.15. The van der Waals surface area contributed by atoms with Crippen LogP contribution in [-0.2, 0) is 9.59 Å². The van der Waals surface area contributed by atoms with Crippen LogP contribution in [-0.4, -0.2) is 16.8 Å². The van der Waals surface area contributed by atoms with Gasteiger partial charge in [-0.05, 0) is 37.1 Å². The SMILES string of the molecule is Cc1ccc(/C(O)=C2\C(=O)C(=O)N(c3ccc(F)c(F)c3)C2c2ccccc2C)cc1. The maximum Gasteiger partial charge on any atom is 0.300 e. The second-order valence-corrected chi connectivity index (χ2v) is 7.49. The second-order valence-electron chi connectivity index (χ2n) is 7.49. The van der Waals surface area contributed by atoms with Gasteiger partial charge in [0, 0.05) is 17.3 Å². The Balaban J connectivity index is 1.98. The van der Waals surface area contributed by atoms with E-state index < -0.39 is 29.4 Å². The Morgan fingerprint density at radius 3 is 2.23 bits per heavy atom. The molecule has 6 heteroatoms. The minimum Gasteiger partial charge on any atom is -0.507 e. The van der Waals surface area contributed by atoms with E-state index in [1.54, 1.807) is 36.4 Å². The molecule has 0 radical (unpaired) electrons. The molecule has 1 saturated heterocycles. The number of anilines is 1. The number of carbonyl (C=O) groups excluding carboxylic acids is 2. The molecule has 1 aliphatic rings. The monoisotopic (exact) mass is 419 g/mol. The van der Waals surface area contributed by atoms with Crippen molar-refractivity contribution in [2.75, 3.05) is 4.90 Å². The molecule has 31 heavy (non-hydrogen) atoms. The Bertz CT molecular complexity index is 1230. The number of carbonyl (C=O) groups is 2. The van der Waals surface area contributed by atoms with Crippen LogP contribution in [0.2, 0.25) is 0 Å². The first-order chi connectivity index (χ1) is 14.8. The van der Waals surface area contributed by atoms with Crippen LogP contribution < -0.4 is 4.90 Å². The first-order valence-corrected chi connectivity index (χ1v) is 9.68. The van der Waals surface area contributed by atoms with Crippen LogP contribution in [0, 0.1) is 25.5 Å². The highest BCUT2D eigenvalue weighted by Gasteiger charge is 2.47. The van der Waals surface area contributed by atoms with E-state index in [1.807, 2.05) is 26.0 Å². The van der Waals surface area contributed by atoms with Crippen LogP contribution >= 0.6 is 0 Å². The van der Waals surface area contributed by atoms with E-state index >= 15 is 0 Å². The molecule has 0 aromatic heterocycles. The summed E-state index contributed by atoms with van der Waals surface area (Å²) >= 11 is 0. The Labute approximate surface area is 178 Å². The molecule has 1 heterocycles. The third-order valence-corrected chi connectivity index (χ3v) is 5.43. The highest BCUT2D eigenvalue weighted by molar-refractivity contribution is 6.51. The molecule has 0 bridgehead atoms. The van der Waals surface area contributed by atoms with Crippen LogP contribution in [0.15, 0.2) is 72.3 Å². The molecule has 1 aliphatic heterocycles. The highest BCUT2D eigenvalue weighted by Crippen LogP contribution is 2.43. The lowest BCUT2D eigenvalue weighted by Gasteiger charge is -2.26. The molecule has 4 nitrogen and oxygen atoms in total. The number of benzene rings is 3. The Hall–Kier alpha value is -3.80. The molecule has 3 aromatic carbocycles. The van der Waals surface area contributed by atoms with Gasteiger partial charge in [-0.15, -0.1) is 0 Å². The zero-order valence-electron chi connectivity index (χ0n) is 16.9. The second kappa shape index (κ2) is 7.80. The summed E-state index contributed by atoms with van der Waals surface area (Å²) in [6, 6.07) is 16.0. The summed E-state index contributed by atoms with van der Waals surface area (Å²) in [6.45, 7) is 3.70. The minimum atomic E-state index is -1.14. The van der Waals surface area contributed by atoms with Crippen molar-refractivity contribution >= 4 is 23.1 Å². The molecule has 1 N–H and O–H groups in total. The number of nitrogens with zero attached hydrogens (tertiary/aromatic N) is 1. The van der Waals surface area contributed by atoms with Gasteiger partial charge in [0.15, 0.2) is 11.6 Å². The lowest BCUT2D eigenvalue weighted by Crippen LogP contribution is -2.30. The number of Topliss-reactive ketones (excluding diaryl/α,β-unsaturated/α-hetero) is 1. The van der Waals surface area contributed by atoms with Crippen molar-refractivity contribution in [3.63, 3.8) is 0 Å². The van der Waals surface area contributed by atoms with Gasteiger partial charge in [0.25, 0.3) is 11.7 Å². The van der Waals surface area contributed by atoms with Crippen molar-refractivity contribution in [2.24, 2.45) is 0 Å². The molecule has 3 aromatic rings. The molecular weight excluding hydrogens is 400 g/mol. The van der Waals surface area contributed by atoms with Crippen molar-refractivity contribution < 1.29 is 23.5 Å². The summed E-state index contributed by atoms with van der Waals surface area (Å²) in [5, 5.41) is 11.0. The average Bonchev–Trinajstić information content (AvgIpc) is 3.01. The van der Waals surface area contributed by atoms with E-state index in [9.17, 15) is 23.5 Å². The molecule has 1 atom stereocenters. The molecule has 1 unspecified atom stereocenters. The van der Waals surface area contributed by atoms with Gasteiger partial charge in [-0.1, -0.05) is 54.1 Å². The fraction of sp³-hybridized carbons (Fsp3) is 0.120.